The van der Waals surface area contributed by atoms with E-state index in [-0.39, 0.29) is 29.7 Å². The van der Waals surface area contributed by atoms with Gasteiger partial charge in [-0.15, -0.1) is 0 Å². The van der Waals surface area contributed by atoms with Crippen molar-refractivity contribution in [2.75, 3.05) is 18.1 Å². The molecule has 0 radical (unpaired) electrons. The molecule has 2 N–H and O–H groups in total. The lowest BCUT2D eigenvalue weighted by Gasteiger charge is -2.15. The second-order valence-corrected chi connectivity index (χ2v) is 7.40. The molecule has 1 heterocycles. The molecule has 1 unspecified atom stereocenters. The second-order valence-electron chi connectivity index (χ2n) is 5.18. The van der Waals surface area contributed by atoms with Gasteiger partial charge in [0.2, 0.25) is 0 Å². The van der Waals surface area contributed by atoms with Gasteiger partial charge in [-0.2, -0.15) is 0 Å². The van der Waals surface area contributed by atoms with Gasteiger partial charge in [-0.05, 0) is 31.5 Å². The van der Waals surface area contributed by atoms with Gasteiger partial charge in [0.1, 0.15) is 11.6 Å². The van der Waals surface area contributed by atoms with Crippen LogP contribution < -0.4 is 10.6 Å². The first-order valence-corrected chi connectivity index (χ1v) is 8.91. The smallest absolute Gasteiger partial charge is 0.191 e. The summed E-state index contributed by atoms with van der Waals surface area (Å²) in [6, 6.07) is 3.00. The molecular weight excluding hydrogens is 312 g/mol. The van der Waals surface area contributed by atoms with Crippen molar-refractivity contribution < 1.29 is 17.2 Å². The summed E-state index contributed by atoms with van der Waals surface area (Å²) in [7, 11) is -2.99. The maximum absolute atomic E-state index is 13.6. The first-order valence-electron chi connectivity index (χ1n) is 7.09. The van der Waals surface area contributed by atoms with Gasteiger partial charge in [0.25, 0.3) is 0 Å². The Balaban J connectivity index is 2.05. The van der Waals surface area contributed by atoms with E-state index in [4.69, 9.17) is 0 Å². The fraction of sp³-hybridized carbons (Fsp3) is 0.500. The monoisotopic (exact) mass is 331 g/mol. The molecule has 1 fully saturated rings. The van der Waals surface area contributed by atoms with E-state index >= 15 is 0 Å². The van der Waals surface area contributed by atoms with Crippen LogP contribution in [0.2, 0.25) is 0 Å². The first kappa shape index (κ1) is 16.7. The van der Waals surface area contributed by atoms with Crippen LogP contribution in [0.5, 0.6) is 0 Å². The highest BCUT2D eigenvalue weighted by atomic mass is 32.2. The average Bonchev–Trinajstić information content (AvgIpc) is 2.79. The molecule has 1 atom stereocenters. The Bertz CT molecular complexity index is 662. The molecule has 1 aromatic carbocycles. The zero-order valence-electron chi connectivity index (χ0n) is 12.3. The number of halogens is 2. The minimum atomic E-state index is -2.99. The predicted molar refractivity (Wildman–Crippen MR) is 81.4 cm³/mol. The quantitative estimate of drug-likeness (QED) is 0.643. The fourth-order valence-electron chi connectivity index (χ4n) is 2.25. The van der Waals surface area contributed by atoms with Gasteiger partial charge in [-0.25, -0.2) is 22.2 Å². The summed E-state index contributed by atoms with van der Waals surface area (Å²) in [6.45, 7) is 2.42. The molecule has 122 valence electrons. The van der Waals surface area contributed by atoms with Crippen LogP contribution >= 0.6 is 0 Å². The summed E-state index contributed by atoms with van der Waals surface area (Å²) in [6.07, 6.45) is 0.515. The Morgan fingerprint density at radius 3 is 2.82 bits per heavy atom. The van der Waals surface area contributed by atoms with E-state index in [1.54, 1.807) is 0 Å². The van der Waals surface area contributed by atoms with E-state index in [0.717, 1.165) is 18.2 Å². The van der Waals surface area contributed by atoms with Gasteiger partial charge in [0.15, 0.2) is 15.8 Å². The Morgan fingerprint density at radius 1 is 1.41 bits per heavy atom. The highest BCUT2D eigenvalue weighted by molar-refractivity contribution is 7.91. The van der Waals surface area contributed by atoms with Crippen LogP contribution in [0, 0.1) is 11.6 Å². The van der Waals surface area contributed by atoms with Crippen LogP contribution in [0.1, 0.15) is 18.9 Å². The van der Waals surface area contributed by atoms with Gasteiger partial charge in [-0.3, -0.25) is 0 Å². The van der Waals surface area contributed by atoms with E-state index in [1.807, 2.05) is 6.92 Å². The van der Waals surface area contributed by atoms with Crippen molar-refractivity contribution in [3.8, 4) is 0 Å². The molecule has 22 heavy (non-hydrogen) atoms. The number of aliphatic imine (C=N–C) groups is 1. The van der Waals surface area contributed by atoms with E-state index in [2.05, 4.69) is 15.6 Å². The Labute approximate surface area is 128 Å². The number of benzene rings is 1. The van der Waals surface area contributed by atoms with E-state index < -0.39 is 21.5 Å². The molecule has 5 nitrogen and oxygen atoms in total. The van der Waals surface area contributed by atoms with Crippen LogP contribution in [-0.4, -0.2) is 38.5 Å². The van der Waals surface area contributed by atoms with Crippen LogP contribution in [0.4, 0.5) is 8.78 Å². The number of guanidine groups is 1. The van der Waals surface area contributed by atoms with Gasteiger partial charge >= 0.3 is 0 Å². The summed E-state index contributed by atoms with van der Waals surface area (Å²) >= 11 is 0. The zero-order valence-corrected chi connectivity index (χ0v) is 13.1. The maximum atomic E-state index is 13.6. The summed E-state index contributed by atoms with van der Waals surface area (Å²) in [5.74, 6) is -0.432. The molecule has 1 aliphatic heterocycles. The summed E-state index contributed by atoms with van der Waals surface area (Å²) in [4.78, 5) is 4.19. The summed E-state index contributed by atoms with van der Waals surface area (Å²) < 4.78 is 49.6. The SMILES string of the molecule is CCNC(=NCc1cc(F)ccc1F)NC1CCS(=O)(=O)C1. The molecule has 0 amide bonds. The number of rotatable bonds is 4. The highest BCUT2D eigenvalue weighted by Crippen LogP contribution is 2.12. The second kappa shape index (κ2) is 7.04. The molecule has 2 rings (SSSR count). The lowest BCUT2D eigenvalue weighted by molar-refractivity contribution is 0.584. The Hall–Kier alpha value is -1.70. The minimum absolute atomic E-state index is 0.0294. The van der Waals surface area contributed by atoms with Crippen molar-refractivity contribution in [3.05, 3.63) is 35.4 Å². The standard InChI is InChI=1S/C14H19F2N3O2S/c1-2-17-14(19-12-5-6-22(20,21)9-12)18-8-10-7-11(15)3-4-13(10)16/h3-4,7,12H,2,5-6,8-9H2,1H3,(H2,17,18,19). The van der Waals surface area contributed by atoms with E-state index in [1.165, 1.54) is 0 Å². The van der Waals surface area contributed by atoms with Gasteiger partial charge in [-0.1, -0.05) is 0 Å². The molecule has 0 aromatic heterocycles. The molecule has 1 aliphatic rings. The van der Waals surface area contributed by atoms with Gasteiger partial charge in [0.05, 0.1) is 18.1 Å². The van der Waals surface area contributed by atoms with Gasteiger partial charge in [0, 0.05) is 18.2 Å². The summed E-state index contributed by atoms with van der Waals surface area (Å²) in [5, 5.41) is 5.99. The third kappa shape index (κ3) is 4.66. The number of sulfone groups is 1. The van der Waals surface area contributed by atoms with Crippen molar-refractivity contribution >= 4 is 15.8 Å². The molecule has 1 aromatic rings. The van der Waals surface area contributed by atoms with Crippen molar-refractivity contribution in [2.24, 2.45) is 4.99 Å². The number of nitrogens with zero attached hydrogens (tertiary/aromatic N) is 1. The molecule has 0 spiro atoms. The fourth-order valence-corrected chi connectivity index (χ4v) is 3.92. The topological polar surface area (TPSA) is 70.6 Å². The molecule has 1 saturated heterocycles. The lowest BCUT2D eigenvalue weighted by atomic mass is 10.2. The minimum Gasteiger partial charge on any atom is -0.357 e. The lowest BCUT2D eigenvalue weighted by Crippen LogP contribution is -2.44. The maximum Gasteiger partial charge on any atom is 0.191 e. The molecular formula is C14H19F2N3O2S. The van der Waals surface area contributed by atoms with E-state index in [0.29, 0.717) is 18.9 Å². The normalized spacial score (nSPS) is 20.9. The molecule has 0 aliphatic carbocycles. The largest absolute Gasteiger partial charge is 0.357 e. The highest BCUT2D eigenvalue weighted by Gasteiger charge is 2.28. The zero-order chi connectivity index (χ0) is 16.2. The van der Waals surface area contributed by atoms with Gasteiger partial charge < -0.3 is 10.6 Å². The Kier molecular flexibility index (Phi) is 5.33. The van der Waals surface area contributed by atoms with Crippen molar-refractivity contribution in [2.45, 2.75) is 25.9 Å². The number of hydrogen-bond donors (Lipinski definition) is 2. The molecule has 0 bridgehead atoms. The molecule has 0 saturated carbocycles. The summed E-state index contributed by atoms with van der Waals surface area (Å²) in [5.41, 5.74) is 0.149. The molecule has 8 heteroatoms. The first-order chi connectivity index (χ1) is 10.4. The van der Waals surface area contributed by atoms with Crippen LogP contribution in [0.3, 0.4) is 0 Å². The van der Waals surface area contributed by atoms with Crippen LogP contribution in [-0.2, 0) is 16.4 Å². The third-order valence-corrected chi connectivity index (χ3v) is 5.10. The number of hydrogen-bond acceptors (Lipinski definition) is 3. The van der Waals surface area contributed by atoms with Crippen LogP contribution in [0.15, 0.2) is 23.2 Å². The predicted octanol–water partition coefficient (Wildman–Crippen LogP) is 1.21. The third-order valence-electron chi connectivity index (χ3n) is 3.33. The van der Waals surface area contributed by atoms with Crippen molar-refractivity contribution in [1.82, 2.24) is 10.6 Å². The van der Waals surface area contributed by atoms with Crippen molar-refractivity contribution in [1.29, 1.82) is 0 Å². The van der Waals surface area contributed by atoms with Crippen LogP contribution in [0.25, 0.3) is 0 Å². The number of nitrogens with one attached hydrogen (secondary N) is 2. The van der Waals surface area contributed by atoms with Crippen molar-refractivity contribution in [3.63, 3.8) is 0 Å². The average molecular weight is 331 g/mol. The van der Waals surface area contributed by atoms with E-state index in [9.17, 15) is 17.2 Å². The Morgan fingerprint density at radius 2 is 2.18 bits per heavy atom.